The monoisotopic (exact) mass is 587 g/mol. The summed E-state index contributed by atoms with van der Waals surface area (Å²) < 4.78 is 5.68. The Balaban J connectivity index is 1.40. The van der Waals surface area contributed by atoms with Crippen LogP contribution in [0, 0.1) is 11.8 Å². The second-order valence-corrected chi connectivity index (χ2v) is 11.6. The van der Waals surface area contributed by atoms with E-state index in [9.17, 15) is 19.3 Å². The fraction of sp³-hybridized carbons (Fsp3) is 0.452. The van der Waals surface area contributed by atoms with E-state index in [1.165, 1.54) is 6.20 Å². The third kappa shape index (κ3) is 7.07. The van der Waals surface area contributed by atoms with Gasteiger partial charge in [0.2, 0.25) is 17.8 Å². The number of amides is 3. The van der Waals surface area contributed by atoms with Gasteiger partial charge in [-0.2, -0.15) is 0 Å². The maximum absolute atomic E-state index is 13.6. The van der Waals surface area contributed by atoms with Crippen LogP contribution in [0.2, 0.25) is 0 Å². The van der Waals surface area contributed by atoms with Crippen LogP contribution >= 0.6 is 0 Å². The van der Waals surface area contributed by atoms with Crippen molar-refractivity contribution in [3.05, 3.63) is 64.5 Å². The van der Waals surface area contributed by atoms with Crippen molar-refractivity contribution < 1.29 is 18.8 Å². The predicted octanol–water partition coefficient (Wildman–Crippen LogP) is 4.34. The van der Waals surface area contributed by atoms with Gasteiger partial charge < -0.3 is 19.5 Å². The molecule has 12 heteroatoms. The van der Waals surface area contributed by atoms with E-state index in [2.05, 4.69) is 20.8 Å². The molecule has 2 aromatic heterocycles. The normalized spacial score (nSPS) is 18.1. The van der Waals surface area contributed by atoms with Gasteiger partial charge in [0.1, 0.15) is 22.9 Å². The number of nitrogens with one attached hydrogen (secondary N) is 2. The van der Waals surface area contributed by atoms with Crippen LogP contribution in [0.25, 0.3) is 11.0 Å². The molecule has 3 aromatic rings. The number of hydrogen-bond donors (Lipinski definition) is 2. The topological polar surface area (TPSA) is 150 Å². The van der Waals surface area contributed by atoms with Gasteiger partial charge in [0.05, 0.1) is 17.8 Å². The highest BCUT2D eigenvalue weighted by Crippen LogP contribution is 2.24. The second kappa shape index (κ2) is 12.7. The van der Waals surface area contributed by atoms with Crippen LogP contribution in [0.15, 0.2) is 57.2 Å². The molecule has 0 unspecified atom stereocenters. The van der Waals surface area contributed by atoms with E-state index < -0.39 is 17.5 Å². The number of hydrogen-bond acceptors (Lipinski definition) is 8. The van der Waals surface area contributed by atoms with Gasteiger partial charge in [-0.3, -0.25) is 24.7 Å². The highest BCUT2D eigenvalue weighted by Gasteiger charge is 2.31. The van der Waals surface area contributed by atoms with E-state index in [4.69, 9.17) is 9.41 Å². The first-order valence-corrected chi connectivity index (χ1v) is 14.7. The molecule has 3 amide bonds. The van der Waals surface area contributed by atoms with Crippen LogP contribution in [-0.2, 0) is 15.1 Å². The third-order valence-corrected chi connectivity index (χ3v) is 7.84. The Morgan fingerprint density at radius 2 is 1.84 bits per heavy atom. The van der Waals surface area contributed by atoms with Gasteiger partial charge in [-0.1, -0.05) is 5.18 Å². The lowest BCUT2D eigenvalue weighted by molar-refractivity contribution is -0.140. The number of aryl methyl sites for hydroxylation is 1. The smallest absolute Gasteiger partial charge is 0.259 e. The molecular weight excluding hydrogens is 550 g/mol. The molecule has 0 radical (unpaired) electrons. The van der Waals surface area contributed by atoms with Gasteiger partial charge >= 0.3 is 0 Å². The molecule has 5 rings (SSSR count). The minimum absolute atomic E-state index is 0.0283. The number of nitroso groups, excluding NO2 is 1. The number of likely N-dealkylation sites (tertiary alicyclic amines) is 2. The Bertz CT molecular complexity index is 1540. The first-order valence-electron chi connectivity index (χ1n) is 14.7. The van der Waals surface area contributed by atoms with Crippen molar-refractivity contribution in [2.75, 3.05) is 31.5 Å². The van der Waals surface area contributed by atoms with E-state index in [0.717, 1.165) is 55.5 Å². The molecule has 1 atom stereocenters. The molecule has 0 spiro atoms. The Morgan fingerprint density at radius 3 is 2.56 bits per heavy atom. The molecule has 12 nitrogen and oxygen atoms in total. The van der Waals surface area contributed by atoms with E-state index >= 15 is 0 Å². The number of pyridine rings is 1. The summed E-state index contributed by atoms with van der Waals surface area (Å²) in [6.07, 6.45) is 5.34. The molecule has 2 N–H and O–H groups in total. The summed E-state index contributed by atoms with van der Waals surface area (Å²) in [5.41, 5.74) is 1.01. The number of guanidine groups is 1. The third-order valence-electron chi connectivity index (χ3n) is 7.84. The molecule has 2 saturated heterocycles. The molecule has 0 bridgehead atoms. The van der Waals surface area contributed by atoms with Crippen molar-refractivity contribution >= 4 is 40.3 Å². The molecule has 2 aliphatic heterocycles. The number of nitrogens with zero attached hydrogens (tertiary/aromatic N) is 5. The van der Waals surface area contributed by atoms with E-state index in [0.29, 0.717) is 24.3 Å². The zero-order valence-electron chi connectivity index (χ0n) is 24.8. The number of fused-ring (bicyclic) bond motifs is 1. The maximum Gasteiger partial charge on any atom is 0.259 e. The van der Waals surface area contributed by atoms with Crippen LogP contribution in [0.4, 0.5) is 5.69 Å². The molecule has 43 heavy (non-hydrogen) atoms. The lowest BCUT2D eigenvalue weighted by Gasteiger charge is -2.25. The van der Waals surface area contributed by atoms with E-state index in [1.54, 1.807) is 36.9 Å². The first kappa shape index (κ1) is 29.9. The molecular formula is C31H37N7O5. The van der Waals surface area contributed by atoms with E-state index in [1.807, 2.05) is 30.0 Å². The fourth-order valence-corrected chi connectivity index (χ4v) is 5.35. The maximum atomic E-state index is 13.6. The minimum atomic E-state index is -1.03. The van der Waals surface area contributed by atoms with Gasteiger partial charge in [-0.25, -0.2) is 4.99 Å². The number of carbonyl (C=O) groups is 3. The van der Waals surface area contributed by atoms with Crippen molar-refractivity contribution in [1.82, 2.24) is 20.1 Å². The molecule has 2 fully saturated rings. The van der Waals surface area contributed by atoms with Gasteiger partial charge in [0.15, 0.2) is 0 Å². The summed E-state index contributed by atoms with van der Waals surface area (Å²) in [6.45, 7) is 7.11. The summed E-state index contributed by atoms with van der Waals surface area (Å²) in [5.74, 6) is 0.0777. The van der Waals surface area contributed by atoms with Gasteiger partial charge in [-0.15, -0.1) is 4.91 Å². The molecule has 1 aromatic carbocycles. The number of benzene rings is 1. The Labute approximate surface area is 249 Å². The summed E-state index contributed by atoms with van der Waals surface area (Å²) >= 11 is 0. The molecule has 4 heterocycles. The predicted molar refractivity (Wildman–Crippen MR) is 163 cm³/mol. The molecule has 0 saturated carbocycles. The highest BCUT2D eigenvalue weighted by atomic mass is 16.3. The van der Waals surface area contributed by atoms with Gasteiger partial charge in [0, 0.05) is 36.9 Å². The number of anilines is 1. The Morgan fingerprint density at radius 1 is 1.07 bits per heavy atom. The number of aromatic nitrogens is 1. The molecule has 226 valence electrons. The SMILES string of the molecule is Cc1cc2cc(NC(=N[C@@H]3CCCCN(CC(=O)N4CCCC4)C3=O)NC(=O)c3ccc(C(C)(C)N=O)nc3)ccc2o1. The van der Waals surface area contributed by atoms with Crippen LogP contribution < -0.4 is 10.6 Å². The van der Waals surface area contributed by atoms with E-state index in [-0.39, 0.29) is 29.9 Å². The summed E-state index contributed by atoms with van der Waals surface area (Å²) in [6, 6.07) is 9.75. The Kier molecular flexibility index (Phi) is 8.84. The second-order valence-electron chi connectivity index (χ2n) is 11.6. The van der Waals surface area contributed by atoms with Crippen LogP contribution in [0.1, 0.15) is 67.8 Å². The average Bonchev–Trinajstić information content (AvgIpc) is 3.63. The number of furan rings is 1. The fourth-order valence-electron chi connectivity index (χ4n) is 5.35. The highest BCUT2D eigenvalue weighted by molar-refractivity contribution is 6.10. The number of rotatable bonds is 7. The lowest BCUT2D eigenvalue weighted by Crippen LogP contribution is -2.45. The lowest BCUT2D eigenvalue weighted by atomic mass is 10.0. The summed E-state index contributed by atoms with van der Waals surface area (Å²) in [5, 5.41) is 9.94. The molecule has 2 aliphatic rings. The summed E-state index contributed by atoms with van der Waals surface area (Å²) in [4.78, 5) is 63.3. The van der Waals surface area contributed by atoms with Crippen LogP contribution in [0.3, 0.4) is 0 Å². The first-order chi connectivity index (χ1) is 20.6. The average molecular weight is 588 g/mol. The van der Waals surface area contributed by atoms with Crippen LogP contribution in [0.5, 0.6) is 0 Å². The van der Waals surface area contributed by atoms with Crippen LogP contribution in [-0.4, -0.2) is 70.7 Å². The van der Waals surface area contributed by atoms with Gasteiger partial charge in [-0.05, 0) is 89.3 Å². The minimum Gasteiger partial charge on any atom is -0.461 e. The standard InChI is InChI=1S/C31H37N7O5/c1-20-16-22-17-23(10-11-25(22)43-20)33-30(35-28(40)21-9-12-26(32-18-21)31(2,3)36-42)34-24-8-4-5-15-38(29(24)41)19-27(39)37-13-6-7-14-37/h9-12,16-18,24H,4-8,13-15,19H2,1-3H3,(H2,33,34,35,40)/t24-/m1/s1. The zero-order valence-corrected chi connectivity index (χ0v) is 24.8. The zero-order chi connectivity index (χ0) is 30.6. The van der Waals surface area contributed by atoms with Crippen molar-refractivity contribution in [1.29, 1.82) is 0 Å². The number of aliphatic imine (C=N–C) groups is 1. The number of carbonyl (C=O) groups excluding carboxylic acids is 3. The van der Waals surface area contributed by atoms with Crippen molar-refractivity contribution in [3.63, 3.8) is 0 Å². The Hall–Kier alpha value is -4.61. The van der Waals surface area contributed by atoms with Crippen molar-refractivity contribution in [3.8, 4) is 0 Å². The summed E-state index contributed by atoms with van der Waals surface area (Å²) in [7, 11) is 0. The van der Waals surface area contributed by atoms with Gasteiger partial charge in [0.25, 0.3) is 5.91 Å². The largest absolute Gasteiger partial charge is 0.461 e. The quantitative estimate of drug-likeness (QED) is 0.237. The van der Waals surface area contributed by atoms with Crippen molar-refractivity contribution in [2.45, 2.75) is 64.5 Å². The van der Waals surface area contributed by atoms with Crippen molar-refractivity contribution in [2.24, 2.45) is 10.2 Å². The molecule has 0 aliphatic carbocycles.